The maximum Gasteiger partial charge on any atom is 0.267 e. The van der Waals surface area contributed by atoms with Crippen molar-refractivity contribution in [3.63, 3.8) is 0 Å². The van der Waals surface area contributed by atoms with Crippen LogP contribution in [0.2, 0.25) is 0 Å². The quantitative estimate of drug-likeness (QED) is 0.673. The molecule has 0 unspecified atom stereocenters. The molecular weight excluding hydrogens is 389 g/mol. The zero-order valence-electron chi connectivity index (χ0n) is 14.5. The predicted octanol–water partition coefficient (Wildman–Crippen LogP) is 3.95. The van der Waals surface area contributed by atoms with E-state index in [1.165, 1.54) is 36.4 Å². The average molecular weight is 405 g/mol. The number of benzene rings is 2. The van der Waals surface area contributed by atoms with Gasteiger partial charge in [-0.3, -0.25) is 9.52 Å². The Morgan fingerprint density at radius 3 is 2.30 bits per heavy atom. The van der Waals surface area contributed by atoms with Crippen LogP contribution in [0.3, 0.4) is 0 Å². The van der Waals surface area contributed by atoms with Gasteiger partial charge in [0.1, 0.15) is 10.7 Å². The number of carbonyl (C=O) groups excluding carboxylic acids is 1. The van der Waals surface area contributed by atoms with E-state index in [4.69, 9.17) is 0 Å². The summed E-state index contributed by atoms with van der Waals surface area (Å²) in [5, 5.41) is 2.72. The fraction of sp³-hybridized carbons (Fsp3) is 0.111. The molecule has 0 radical (unpaired) electrons. The number of thiazole rings is 1. The molecule has 9 heteroatoms. The molecule has 1 aromatic heterocycles. The lowest BCUT2D eigenvalue weighted by atomic mass is 10.2. The van der Waals surface area contributed by atoms with E-state index in [1.54, 1.807) is 19.1 Å². The second kappa shape index (κ2) is 7.45. The lowest BCUT2D eigenvalue weighted by molar-refractivity contribution is 0.103. The first-order chi connectivity index (χ1) is 12.7. The van der Waals surface area contributed by atoms with Gasteiger partial charge in [0.25, 0.3) is 15.9 Å². The molecule has 140 valence electrons. The first-order valence-corrected chi connectivity index (χ1v) is 10.2. The molecule has 1 amide bonds. The van der Waals surface area contributed by atoms with E-state index in [9.17, 15) is 17.6 Å². The molecule has 0 aliphatic carbocycles. The Morgan fingerprint density at radius 2 is 1.67 bits per heavy atom. The molecule has 0 saturated carbocycles. The number of sulfonamides is 1. The minimum Gasteiger partial charge on any atom is -0.321 e. The van der Waals surface area contributed by atoms with Crippen LogP contribution in [0.5, 0.6) is 0 Å². The van der Waals surface area contributed by atoms with Gasteiger partial charge in [-0.2, -0.15) is 0 Å². The molecule has 1 heterocycles. The number of aryl methyl sites for hydroxylation is 2. The Balaban J connectivity index is 1.78. The van der Waals surface area contributed by atoms with Gasteiger partial charge in [-0.25, -0.2) is 17.8 Å². The normalized spacial score (nSPS) is 11.2. The Bertz CT molecular complexity index is 1080. The van der Waals surface area contributed by atoms with Gasteiger partial charge in [0.15, 0.2) is 5.13 Å². The Labute approximate surface area is 160 Å². The zero-order chi connectivity index (χ0) is 19.6. The van der Waals surface area contributed by atoms with E-state index in [2.05, 4.69) is 15.0 Å². The SMILES string of the molecule is Cc1ccc(S(=O)(=O)Nc2nc(C)c(C(=O)Nc3ccc(F)cc3)s2)cc1. The largest absolute Gasteiger partial charge is 0.321 e. The van der Waals surface area contributed by atoms with Crippen molar-refractivity contribution in [2.24, 2.45) is 0 Å². The molecule has 3 aromatic rings. The number of aromatic nitrogens is 1. The number of hydrogen-bond acceptors (Lipinski definition) is 5. The molecule has 6 nitrogen and oxygen atoms in total. The molecule has 3 rings (SSSR count). The standard InChI is InChI=1S/C18H16FN3O3S2/c1-11-3-9-15(10-4-11)27(24,25)22-18-20-12(2)16(26-18)17(23)21-14-7-5-13(19)6-8-14/h3-10H,1-2H3,(H,20,22)(H,21,23). The summed E-state index contributed by atoms with van der Waals surface area (Å²) in [6.07, 6.45) is 0. The van der Waals surface area contributed by atoms with E-state index in [0.717, 1.165) is 16.9 Å². The number of halogens is 1. The smallest absolute Gasteiger partial charge is 0.267 e. The molecule has 0 atom stereocenters. The second-order valence-electron chi connectivity index (χ2n) is 5.81. The highest BCUT2D eigenvalue weighted by atomic mass is 32.2. The van der Waals surface area contributed by atoms with E-state index in [0.29, 0.717) is 11.4 Å². The predicted molar refractivity (Wildman–Crippen MR) is 103 cm³/mol. The van der Waals surface area contributed by atoms with E-state index in [1.807, 2.05) is 6.92 Å². The minimum atomic E-state index is -3.80. The number of rotatable bonds is 5. The number of hydrogen-bond donors (Lipinski definition) is 2. The number of amides is 1. The van der Waals surface area contributed by atoms with Gasteiger partial charge in [0.05, 0.1) is 10.6 Å². The summed E-state index contributed by atoms with van der Waals surface area (Å²) in [5.74, 6) is -0.854. The van der Waals surface area contributed by atoms with Crippen LogP contribution in [0.25, 0.3) is 0 Å². The van der Waals surface area contributed by atoms with Crippen LogP contribution >= 0.6 is 11.3 Å². The molecule has 2 aromatic carbocycles. The zero-order valence-corrected chi connectivity index (χ0v) is 16.1. The average Bonchev–Trinajstić information content (AvgIpc) is 2.97. The molecule has 0 fully saturated rings. The molecule has 27 heavy (non-hydrogen) atoms. The highest BCUT2D eigenvalue weighted by Crippen LogP contribution is 2.26. The lowest BCUT2D eigenvalue weighted by Crippen LogP contribution is -2.12. The Kier molecular flexibility index (Phi) is 5.24. The maximum atomic E-state index is 12.9. The van der Waals surface area contributed by atoms with Crippen LogP contribution in [0, 0.1) is 19.7 Å². The van der Waals surface area contributed by atoms with Crippen molar-refractivity contribution in [1.82, 2.24) is 4.98 Å². The van der Waals surface area contributed by atoms with Crippen molar-refractivity contribution in [3.05, 3.63) is 70.5 Å². The minimum absolute atomic E-state index is 0.0948. The van der Waals surface area contributed by atoms with Crippen LogP contribution in [0.15, 0.2) is 53.4 Å². The summed E-state index contributed by atoms with van der Waals surface area (Å²) in [6, 6.07) is 11.7. The molecule has 0 bridgehead atoms. The third-order valence-electron chi connectivity index (χ3n) is 3.66. The number of anilines is 2. The van der Waals surface area contributed by atoms with Gasteiger partial charge in [0.2, 0.25) is 0 Å². The van der Waals surface area contributed by atoms with Crippen molar-refractivity contribution in [1.29, 1.82) is 0 Å². The van der Waals surface area contributed by atoms with Crippen molar-refractivity contribution in [3.8, 4) is 0 Å². The van der Waals surface area contributed by atoms with Crippen LogP contribution in [-0.2, 0) is 10.0 Å². The van der Waals surface area contributed by atoms with Gasteiger partial charge in [0, 0.05) is 5.69 Å². The van der Waals surface area contributed by atoms with Crippen LogP contribution in [0.1, 0.15) is 20.9 Å². The van der Waals surface area contributed by atoms with Crippen LogP contribution in [-0.4, -0.2) is 19.3 Å². The number of carbonyl (C=O) groups is 1. The summed E-state index contributed by atoms with van der Waals surface area (Å²) in [4.78, 5) is 16.9. The summed E-state index contributed by atoms with van der Waals surface area (Å²) >= 11 is 0.927. The molecule has 0 aliphatic heterocycles. The van der Waals surface area contributed by atoms with E-state index >= 15 is 0 Å². The van der Waals surface area contributed by atoms with Gasteiger partial charge >= 0.3 is 0 Å². The molecule has 0 spiro atoms. The Morgan fingerprint density at radius 1 is 1.04 bits per heavy atom. The van der Waals surface area contributed by atoms with Gasteiger partial charge < -0.3 is 5.32 Å². The fourth-order valence-electron chi connectivity index (χ4n) is 2.26. The first kappa shape index (κ1) is 19.0. The molecule has 0 aliphatic rings. The summed E-state index contributed by atoms with van der Waals surface area (Å²) in [7, 11) is -3.80. The van der Waals surface area contributed by atoms with Crippen molar-refractivity contribution in [2.45, 2.75) is 18.7 Å². The highest BCUT2D eigenvalue weighted by Gasteiger charge is 2.20. The summed E-state index contributed by atoms with van der Waals surface area (Å²) < 4.78 is 40.2. The summed E-state index contributed by atoms with van der Waals surface area (Å²) in [6.45, 7) is 3.47. The lowest BCUT2D eigenvalue weighted by Gasteiger charge is -2.05. The highest BCUT2D eigenvalue weighted by molar-refractivity contribution is 7.93. The van der Waals surface area contributed by atoms with Crippen molar-refractivity contribution in [2.75, 3.05) is 10.0 Å². The summed E-state index contributed by atoms with van der Waals surface area (Å²) in [5.41, 5.74) is 1.76. The van der Waals surface area contributed by atoms with Crippen LogP contribution in [0.4, 0.5) is 15.2 Å². The molecular formula is C18H16FN3O3S2. The van der Waals surface area contributed by atoms with E-state index < -0.39 is 21.7 Å². The van der Waals surface area contributed by atoms with E-state index in [-0.39, 0.29) is 14.9 Å². The topological polar surface area (TPSA) is 88.2 Å². The first-order valence-electron chi connectivity index (χ1n) is 7.88. The van der Waals surface area contributed by atoms with Gasteiger partial charge in [-0.1, -0.05) is 29.0 Å². The molecule has 0 saturated heterocycles. The number of nitrogens with one attached hydrogen (secondary N) is 2. The van der Waals surface area contributed by atoms with Gasteiger partial charge in [-0.05, 0) is 50.2 Å². The number of nitrogens with zero attached hydrogens (tertiary/aromatic N) is 1. The van der Waals surface area contributed by atoms with Crippen LogP contribution < -0.4 is 10.0 Å². The third kappa shape index (κ3) is 4.50. The second-order valence-corrected chi connectivity index (χ2v) is 8.49. The molecule has 2 N–H and O–H groups in total. The van der Waals surface area contributed by atoms with Crippen molar-refractivity contribution >= 4 is 38.1 Å². The Hall–Kier alpha value is -2.78. The monoisotopic (exact) mass is 405 g/mol. The fourth-order valence-corrected chi connectivity index (χ4v) is 4.36. The third-order valence-corrected chi connectivity index (χ3v) is 6.21. The van der Waals surface area contributed by atoms with Gasteiger partial charge in [-0.15, -0.1) is 0 Å². The van der Waals surface area contributed by atoms with Crippen molar-refractivity contribution < 1.29 is 17.6 Å². The maximum absolute atomic E-state index is 12.9.